The van der Waals surface area contributed by atoms with Crippen molar-refractivity contribution in [1.82, 2.24) is 4.98 Å². The number of hydrogen-bond donors (Lipinski definition) is 1. The first kappa shape index (κ1) is 13.7. The third-order valence-corrected chi connectivity index (χ3v) is 3.79. The Labute approximate surface area is 113 Å². The van der Waals surface area contributed by atoms with Crippen LogP contribution < -0.4 is 4.72 Å². The van der Waals surface area contributed by atoms with Crippen molar-refractivity contribution in [3.63, 3.8) is 0 Å². The molecule has 4 nitrogen and oxygen atoms in total. The fraction of sp³-hybridized carbons (Fsp3) is 0. The maximum absolute atomic E-state index is 13.4. The third kappa shape index (κ3) is 2.99. The minimum atomic E-state index is -4.41. The first-order valence-electron chi connectivity index (χ1n) is 4.98. The van der Waals surface area contributed by atoms with Crippen molar-refractivity contribution in [2.75, 3.05) is 4.72 Å². The smallest absolute Gasteiger partial charge is 0.263 e. The summed E-state index contributed by atoms with van der Waals surface area (Å²) in [5, 5.41) is 0.238. The Morgan fingerprint density at radius 2 is 1.79 bits per heavy atom. The molecule has 100 valence electrons. The van der Waals surface area contributed by atoms with Crippen LogP contribution in [0.1, 0.15) is 0 Å². The van der Waals surface area contributed by atoms with E-state index < -0.39 is 26.6 Å². The lowest BCUT2D eigenvalue weighted by atomic mass is 10.3. The van der Waals surface area contributed by atoms with E-state index in [4.69, 9.17) is 11.6 Å². The van der Waals surface area contributed by atoms with E-state index in [0.29, 0.717) is 0 Å². The lowest BCUT2D eigenvalue weighted by Gasteiger charge is -2.08. The van der Waals surface area contributed by atoms with Crippen LogP contribution in [0.5, 0.6) is 0 Å². The molecule has 0 radical (unpaired) electrons. The van der Waals surface area contributed by atoms with Crippen LogP contribution in [0.15, 0.2) is 41.4 Å². The van der Waals surface area contributed by atoms with Gasteiger partial charge in [-0.1, -0.05) is 17.7 Å². The Kier molecular flexibility index (Phi) is 3.68. The maximum atomic E-state index is 13.4. The number of nitrogens with one attached hydrogen (secondary N) is 1. The molecule has 1 aromatic carbocycles. The molecule has 1 heterocycles. The van der Waals surface area contributed by atoms with Crippen molar-refractivity contribution in [3.05, 3.63) is 53.2 Å². The number of pyridine rings is 1. The lowest BCUT2D eigenvalue weighted by molar-refractivity contribution is 0.521. The molecular weight excluding hydrogens is 298 g/mol. The van der Waals surface area contributed by atoms with Crippen molar-refractivity contribution in [3.8, 4) is 0 Å². The first-order valence-corrected chi connectivity index (χ1v) is 6.84. The van der Waals surface area contributed by atoms with Gasteiger partial charge in [0.15, 0.2) is 4.90 Å². The van der Waals surface area contributed by atoms with Crippen LogP contribution in [0.4, 0.5) is 14.6 Å². The van der Waals surface area contributed by atoms with Gasteiger partial charge in [0.1, 0.15) is 17.5 Å². The zero-order valence-electron chi connectivity index (χ0n) is 9.27. The van der Waals surface area contributed by atoms with Gasteiger partial charge in [-0.15, -0.1) is 0 Å². The monoisotopic (exact) mass is 304 g/mol. The molecule has 0 saturated heterocycles. The molecule has 0 saturated carbocycles. The van der Waals surface area contributed by atoms with Crippen LogP contribution >= 0.6 is 11.6 Å². The zero-order valence-corrected chi connectivity index (χ0v) is 10.8. The summed E-state index contributed by atoms with van der Waals surface area (Å²) in [7, 11) is -4.41. The molecule has 0 aliphatic rings. The molecule has 2 rings (SSSR count). The molecule has 2 aromatic rings. The summed E-state index contributed by atoms with van der Waals surface area (Å²) < 4.78 is 52.6. The molecular formula is C11H7ClF2N2O2S. The van der Waals surface area contributed by atoms with Gasteiger partial charge >= 0.3 is 0 Å². The van der Waals surface area contributed by atoms with Gasteiger partial charge in [-0.3, -0.25) is 4.72 Å². The van der Waals surface area contributed by atoms with Crippen LogP contribution in [0, 0.1) is 11.6 Å². The SMILES string of the molecule is O=S(=O)(Nc1cc(Cl)ccn1)c1c(F)cccc1F. The minimum absolute atomic E-state index is 0.129. The largest absolute Gasteiger partial charge is 0.268 e. The van der Waals surface area contributed by atoms with Gasteiger partial charge in [0.2, 0.25) is 0 Å². The van der Waals surface area contributed by atoms with Crippen molar-refractivity contribution in [2.45, 2.75) is 4.90 Å². The Hall–Kier alpha value is -1.73. The van der Waals surface area contributed by atoms with Gasteiger partial charge in [-0.05, 0) is 18.2 Å². The summed E-state index contributed by atoms with van der Waals surface area (Å²) in [5.41, 5.74) is 0. The Balaban J connectivity index is 2.44. The highest BCUT2D eigenvalue weighted by Crippen LogP contribution is 2.21. The number of halogens is 3. The second kappa shape index (κ2) is 5.10. The number of rotatable bonds is 3. The van der Waals surface area contributed by atoms with Crippen LogP contribution in [0.2, 0.25) is 5.02 Å². The van der Waals surface area contributed by atoms with Crippen LogP contribution in [-0.4, -0.2) is 13.4 Å². The Morgan fingerprint density at radius 3 is 2.37 bits per heavy atom. The quantitative estimate of drug-likeness (QED) is 0.948. The van der Waals surface area contributed by atoms with E-state index >= 15 is 0 Å². The van der Waals surface area contributed by atoms with Crippen LogP contribution in [-0.2, 0) is 10.0 Å². The molecule has 19 heavy (non-hydrogen) atoms. The van der Waals surface area contributed by atoms with Gasteiger partial charge < -0.3 is 0 Å². The first-order chi connectivity index (χ1) is 8.90. The summed E-state index contributed by atoms with van der Waals surface area (Å²) in [6, 6.07) is 5.42. The average molecular weight is 305 g/mol. The Morgan fingerprint density at radius 1 is 1.16 bits per heavy atom. The molecule has 0 amide bonds. The molecule has 0 spiro atoms. The molecule has 0 fully saturated rings. The number of benzene rings is 1. The van der Waals surface area contributed by atoms with E-state index in [1.165, 1.54) is 18.3 Å². The second-order valence-electron chi connectivity index (χ2n) is 3.52. The van der Waals surface area contributed by atoms with Crippen molar-refractivity contribution in [2.24, 2.45) is 0 Å². The lowest BCUT2D eigenvalue weighted by Crippen LogP contribution is -2.17. The molecule has 0 aliphatic heterocycles. The molecule has 1 aromatic heterocycles. The van der Waals surface area contributed by atoms with E-state index in [9.17, 15) is 17.2 Å². The highest BCUT2D eigenvalue weighted by molar-refractivity contribution is 7.92. The highest BCUT2D eigenvalue weighted by Gasteiger charge is 2.24. The molecule has 0 aliphatic carbocycles. The van der Waals surface area contributed by atoms with Crippen LogP contribution in [0.3, 0.4) is 0 Å². The number of hydrogen-bond acceptors (Lipinski definition) is 3. The van der Waals surface area contributed by atoms with Gasteiger partial charge in [-0.25, -0.2) is 22.2 Å². The van der Waals surface area contributed by atoms with Gasteiger partial charge in [0.05, 0.1) is 0 Å². The number of aromatic nitrogens is 1. The van der Waals surface area contributed by atoms with Gasteiger partial charge in [0, 0.05) is 17.3 Å². The van der Waals surface area contributed by atoms with E-state index in [1.807, 2.05) is 4.72 Å². The summed E-state index contributed by atoms with van der Waals surface area (Å²) in [6.07, 6.45) is 1.26. The molecule has 0 bridgehead atoms. The maximum Gasteiger partial charge on any atom is 0.268 e. The Bertz CT molecular complexity index is 702. The second-order valence-corrected chi connectivity index (χ2v) is 5.57. The van der Waals surface area contributed by atoms with Crippen molar-refractivity contribution < 1.29 is 17.2 Å². The predicted octanol–water partition coefficient (Wildman–Crippen LogP) is 2.81. The van der Waals surface area contributed by atoms with E-state index in [-0.39, 0.29) is 10.8 Å². The summed E-state index contributed by atoms with van der Waals surface area (Å²) >= 11 is 5.66. The fourth-order valence-corrected chi connectivity index (χ4v) is 2.69. The van der Waals surface area contributed by atoms with Crippen molar-refractivity contribution >= 4 is 27.4 Å². The molecule has 0 atom stereocenters. The van der Waals surface area contributed by atoms with Crippen molar-refractivity contribution in [1.29, 1.82) is 0 Å². The summed E-state index contributed by atoms with van der Waals surface area (Å²) in [6.45, 7) is 0. The summed E-state index contributed by atoms with van der Waals surface area (Å²) in [4.78, 5) is 2.63. The number of nitrogens with zero attached hydrogens (tertiary/aromatic N) is 1. The normalized spacial score (nSPS) is 11.3. The standard InChI is InChI=1S/C11H7ClF2N2O2S/c12-7-4-5-15-10(6-7)16-19(17,18)11-8(13)2-1-3-9(11)14/h1-6H,(H,15,16). The van der Waals surface area contributed by atoms with Crippen LogP contribution in [0.25, 0.3) is 0 Å². The molecule has 0 unspecified atom stereocenters. The topological polar surface area (TPSA) is 59.1 Å². The number of anilines is 1. The van der Waals surface area contributed by atoms with Gasteiger partial charge in [0.25, 0.3) is 10.0 Å². The summed E-state index contributed by atoms with van der Waals surface area (Å²) in [5.74, 6) is -2.50. The molecule has 1 N–H and O–H groups in total. The zero-order chi connectivity index (χ0) is 14.0. The average Bonchev–Trinajstić information content (AvgIpc) is 2.27. The number of sulfonamides is 1. The van der Waals surface area contributed by atoms with E-state index in [2.05, 4.69) is 4.98 Å². The molecule has 8 heteroatoms. The highest BCUT2D eigenvalue weighted by atomic mass is 35.5. The van der Waals surface area contributed by atoms with E-state index in [0.717, 1.165) is 18.2 Å². The van der Waals surface area contributed by atoms with E-state index in [1.54, 1.807) is 0 Å². The predicted molar refractivity (Wildman–Crippen MR) is 66.4 cm³/mol. The third-order valence-electron chi connectivity index (χ3n) is 2.15. The fourth-order valence-electron chi connectivity index (χ4n) is 1.39. The van der Waals surface area contributed by atoms with Gasteiger partial charge in [-0.2, -0.15) is 0 Å². The minimum Gasteiger partial charge on any atom is -0.263 e.